The lowest BCUT2D eigenvalue weighted by molar-refractivity contribution is -0.253. The van der Waals surface area contributed by atoms with Gasteiger partial charge in [0.2, 0.25) is 0 Å². The molecule has 4 rings (SSSR count). The lowest BCUT2D eigenvalue weighted by Crippen LogP contribution is -2.57. The number of benzene rings is 2. The average Bonchev–Trinajstić information content (AvgIpc) is 2.94. The van der Waals surface area contributed by atoms with Gasteiger partial charge in [0, 0.05) is 45.3 Å². The van der Waals surface area contributed by atoms with E-state index in [2.05, 4.69) is 15.0 Å². The third-order valence-corrected chi connectivity index (χ3v) is 6.93. The summed E-state index contributed by atoms with van der Waals surface area (Å²) in [6.45, 7) is 2.42. The number of β-amino-alcohol motifs (C(OH)–C–C–N with tert-alkyl or cyclic N) is 1. The SMILES string of the molecule is O=C(NC(Cc1ccccc1)(c1cccc(OC(F)(F)C(F)F)c1)c1ccc(Cl)cn1)N1CCN(CCO)CC1. The number of rotatable bonds is 10. The molecule has 1 unspecified atom stereocenters. The van der Waals surface area contributed by atoms with Gasteiger partial charge in [-0.1, -0.05) is 54.1 Å². The van der Waals surface area contributed by atoms with Crippen molar-refractivity contribution in [1.82, 2.24) is 20.1 Å². The Morgan fingerprint density at radius 2 is 1.77 bits per heavy atom. The Labute approximate surface area is 234 Å². The number of amides is 2. The number of alkyl halides is 4. The Morgan fingerprint density at radius 1 is 1.05 bits per heavy atom. The van der Waals surface area contributed by atoms with Crippen molar-refractivity contribution in [3.8, 4) is 5.75 Å². The highest BCUT2D eigenvalue weighted by molar-refractivity contribution is 6.30. The van der Waals surface area contributed by atoms with Crippen LogP contribution in [0.1, 0.15) is 16.8 Å². The summed E-state index contributed by atoms with van der Waals surface area (Å²) in [5, 5.41) is 12.7. The van der Waals surface area contributed by atoms with Gasteiger partial charge in [-0.15, -0.1) is 0 Å². The van der Waals surface area contributed by atoms with Crippen LogP contribution < -0.4 is 10.1 Å². The Kier molecular flexibility index (Phi) is 9.49. The highest BCUT2D eigenvalue weighted by Gasteiger charge is 2.45. The number of ether oxygens (including phenoxy) is 1. The minimum absolute atomic E-state index is 0.0115. The summed E-state index contributed by atoms with van der Waals surface area (Å²) in [5.74, 6) is -0.499. The molecule has 0 spiro atoms. The number of aliphatic hydroxyl groups excluding tert-OH is 1. The normalized spacial score (nSPS) is 16.0. The highest BCUT2D eigenvalue weighted by Crippen LogP contribution is 2.36. The van der Waals surface area contributed by atoms with Crippen LogP contribution in [0, 0.1) is 0 Å². The quantitative estimate of drug-likeness (QED) is 0.338. The van der Waals surface area contributed by atoms with Crippen molar-refractivity contribution >= 4 is 17.6 Å². The lowest BCUT2D eigenvalue weighted by Gasteiger charge is -2.40. The molecular formula is C28H29ClF4N4O3. The average molecular weight is 581 g/mol. The van der Waals surface area contributed by atoms with Crippen LogP contribution in [0.4, 0.5) is 22.4 Å². The Hall–Kier alpha value is -3.41. The van der Waals surface area contributed by atoms with Crippen LogP contribution >= 0.6 is 11.6 Å². The van der Waals surface area contributed by atoms with E-state index < -0.39 is 29.9 Å². The van der Waals surface area contributed by atoms with Crippen LogP contribution in [0.5, 0.6) is 5.75 Å². The first-order valence-electron chi connectivity index (χ1n) is 12.6. The van der Waals surface area contributed by atoms with Gasteiger partial charge in [-0.2, -0.15) is 17.6 Å². The van der Waals surface area contributed by atoms with Gasteiger partial charge in [-0.3, -0.25) is 9.88 Å². The van der Waals surface area contributed by atoms with E-state index >= 15 is 0 Å². The Morgan fingerprint density at radius 3 is 2.40 bits per heavy atom. The third kappa shape index (κ3) is 7.01. The Bertz CT molecular complexity index is 1260. The van der Waals surface area contributed by atoms with Gasteiger partial charge in [0.15, 0.2) is 0 Å². The molecule has 1 aliphatic heterocycles. The molecule has 7 nitrogen and oxygen atoms in total. The molecule has 0 aliphatic carbocycles. The molecule has 1 aliphatic rings. The van der Waals surface area contributed by atoms with Crippen LogP contribution in [-0.2, 0) is 12.0 Å². The van der Waals surface area contributed by atoms with Crippen LogP contribution in [0.3, 0.4) is 0 Å². The fourth-order valence-electron chi connectivity index (χ4n) is 4.66. The summed E-state index contributed by atoms with van der Waals surface area (Å²) < 4.78 is 57.8. The number of carbonyl (C=O) groups excluding carboxylic acids is 1. The fraction of sp³-hybridized carbons (Fsp3) is 0.357. The molecule has 1 saturated heterocycles. The van der Waals surface area contributed by atoms with Gasteiger partial charge >= 0.3 is 18.6 Å². The second-order valence-corrected chi connectivity index (χ2v) is 9.84. The number of halogens is 5. The monoisotopic (exact) mass is 580 g/mol. The molecule has 0 bridgehead atoms. The molecule has 2 amide bonds. The molecule has 1 atom stereocenters. The minimum Gasteiger partial charge on any atom is -0.428 e. The highest BCUT2D eigenvalue weighted by atomic mass is 35.5. The van der Waals surface area contributed by atoms with E-state index in [1.165, 1.54) is 18.3 Å². The summed E-state index contributed by atoms with van der Waals surface area (Å²) >= 11 is 6.11. The standard InChI is InChI=1S/C28H29ClF4N4O3/c29-22-9-10-24(34-19-22)27(18-20-5-2-1-3-6-20,35-26(39)37-13-11-36(12-14-37)15-16-38)21-7-4-8-23(17-21)40-28(32,33)25(30)31/h1-10,17,19,25,38H,11-16,18H2,(H,35,39). The fourth-order valence-corrected chi connectivity index (χ4v) is 4.77. The molecule has 1 fully saturated rings. The van der Waals surface area contributed by atoms with Crippen molar-refractivity contribution in [3.63, 3.8) is 0 Å². The molecule has 0 radical (unpaired) electrons. The zero-order valence-electron chi connectivity index (χ0n) is 21.5. The molecule has 0 saturated carbocycles. The summed E-state index contributed by atoms with van der Waals surface area (Å²) in [6, 6.07) is 17.3. The molecule has 214 valence electrons. The molecule has 1 aromatic heterocycles. The Balaban J connectivity index is 1.78. The van der Waals surface area contributed by atoms with E-state index in [1.54, 1.807) is 23.1 Å². The van der Waals surface area contributed by atoms with Crippen LogP contribution in [0.2, 0.25) is 5.02 Å². The molecule has 3 aromatic rings. The van der Waals surface area contributed by atoms with Gasteiger partial charge in [0.25, 0.3) is 0 Å². The van der Waals surface area contributed by atoms with Crippen molar-refractivity contribution in [2.75, 3.05) is 39.3 Å². The smallest absolute Gasteiger partial charge is 0.428 e. The summed E-state index contributed by atoms with van der Waals surface area (Å²) in [5.41, 5.74) is 0.00780. The maximum atomic E-state index is 13.8. The van der Waals surface area contributed by atoms with E-state index in [1.807, 2.05) is 35.2 Å². The zero-order chi connectivity index (χ0) is 28.8. The summed E-state index contributed by atoms with van der Waals surface area (Å²) in [4.78, 5) is 21.9. The molecule has 2 heterocycles. The number of aliphatic hydroxyl groups is 1. The number of aromatic nitrogens is 1. The predicted molar refractivity (Wildman–Crippen MR) is 142 cm³/mol. The van der Waals surface area contributed by atoms with E-state index in [4.69, 9.17) is 11.6 Å². The number of hydrogen-bond donors (Lipinski definition) is 2. The van der Waals surface area contributed by atoms with Crippen molar-refractivity contribution in [3.05, 3.63) is 94.8 Å². The topological polar surface area (TPSA) is 77.9 Å². The second-order valence-electron chi connectivity index (χ2n) is 9.40. The molecule has 2 aromatic carbocycles. The van der Waals surface area contributed by atoms with E-state index in [0.29, 0.717) is 49.0 Å². The van der Waals surface area contributed by atoms with Crippen molar-refractivity contribution < 1.29 is 32.2 Å². The lowest BCUT2D eigenvalue weighted by atomic mass is 9.80. The maximum Gasteiger partial charge on any atom is 0.461 e. The van der Waals surface area contributed by atoms with E-state index in [9.17, 15) is 27.5 Å². The number of carbonyl (C=O) groups is 1. The second kappa shape index (κ2) is 12.8. The molecule has 40 heavy (non-hydrogen) atoms. The largest absolute Gasteiger partial charge is 0.461 e. The first-order valence-corrected chi connectivity index (χ1v) is 13.0. The van der Waals surface area contributed by atoms with Crippen molar-refractivity contribution in [2.45, 2.75) is 24.5 Å². The number of hydrogen-bond acceptors (Lipinski definition) is 5. The first kappa shape index (κ1) is 29.6. The van der Waals surface area contributed by atoms with Gasteiger partial charge in [0.1, 0.15) is 11.3 Å². The number of piperazine rings is 1. The molecule has 2 N–H and O–H groups in total. The van der Waals surface area contributed by atoms with E-state index in [-0.39, 0.29) is 13.0 Å². The number of nitrogens with one attached hydrogen (secondary N) is 1. The summed E-state index contributed by atoms with van der Waals surface area (Å²) in [7, 11) is 0. The zero-order valence-corrected chi connectivity index (χ0v) is 22.2. The van der Waals surface area contributed by atoms with Crippen LogP contribution in [0.15, 0.2) is 72.9 Å². The van der Waals surface area contributed by atoms with Crippen molar-refractivity contribution in [2.24, 2.45) is 0 Å². The minimum atomic E-state index is -4.71. The van der Waals surface area contributed by atoms with E-state index in [0.717, 1.165) is 11.6 Å². The van der Waals surface area contributed by atoms with Crippen LogP contribution in [0.25, 0.3) is 0 Å². The molecule has 12 heteroatoms. The van der Waals surface area contributed by atoms with Gasteiger partial charge in [0.05, 0.1) is 17.3 Å². The molecular weight excluding hydrogens is 552 g/mol. The number of urea groups is 1. The van der Waals surface area contributed by atoms with Gasteiger partial charge < -0.3 is 20.1 Å². The van der Waals surface area contributed by atoms with Crippen LogP contribution in [-0.4, -0.2) is 77.8 Å². The first-order chi connectivity index (χ1) is 19.1. The number of nitrogens with zero attached hydrogens (tertiary/aromatic N) is 3. The predicted octanol–water partition coefficient (Wildman–Crippen LogP) is 4.78. The summed E-state index contributed by atoms with van der Waals surface area (Å²) in [6.07, 6.45) is -7.20. The maximum absolute atomic E-state index is 13.8. The number of pyridine rings is 1. The van der Waals surface area contributed by atoms with Gasteiger partial charge in [-0.05, 0) is 35.4 Å². The van der Waals surface area contributed by atoms with Crippen molar-refractivity contribution in [1.29, 1.82) is 0 Å². The van der Waals surface area contributed by atoms with Gasteiger partial charge in [-0.25, -0.2) is 4.79 Å². The third-order valence-electron chi connectivity index (χ3n) is 6.71.